The minimum absolute atomic E-state index is 0.107. The van der Waals surface area contributed by atoms with E-state index in [-0.39, 0.29) is 30.1 Å². The van der Waals surface area contributed by atoms with Crippen molar-refractivity contribution < 1.29 is 28.6 Å². The first kappa shape index (κ1) is 37.0. The quantitative estimate of drug-likeness (QED) is 0.169. The molecule has 0 aromatic rings. The summed E-state index contributed by atoms with van der Waals surface area (Å²) < 4.78 is 14.5. The largest absolute Gasteiger partial charge is 0.393 e. The van der Waals surface area contributed by atoms with Gasteiger partial charge in [0, 0.05) is 46.6 Å². The molecule has 3 N–H and O–H groups in total. The molecule has 0 fully saturated rings. The monoisotopic (exact) mass is 490 g/mol. The fourth-order valence-corrected chi connectivity index (χ4v) is 2.33. The molecule has 0 spiro atoms. The van der Waals surface area contributed by atoms with Crippen molar-refractivity contribution in [3.05, 3.63) is 0 Å². The number of unbranched alkanes of at least 4 members (excludes halogenated alkanes) is 6. The number of carbonyl (C=O) groups is 3. The van der Waals surface area contributed by atoms with Crippen LogP contribution in [0.4, 0.5) is 0 Å². The molecule has 0 aromatic heterocycles. The molecule has 1 amide bonds. The number of ether oxygens (including phenoxy) is 3. The van der Waals surface area contributed by atoms with E-state index in [1.165, 1.54) is 0 Å². The first-order chi connectivity index (χ1) is 16.2. The topological polar surface area (TPSA) is 117 Å². The third-order valence-corrected chi connectivity index (χ3v) is 4.93. The predicted molar refractivity (Wildman–Crippen MR) is 139 cm³/mol. The number of amides is 1. The van der Waals surface area contributed by atoms with Crippen LogP contribution in [-0.4, -0.2) is 57.4 Å². The average molecular weight is 491 g/mol. The summed E-state index contributed by atoms with van der Waals surface area (Å²) in [6.07, 6.45) is 10.8. The number of rotatable bonds is 17. The minimum Gasteiger partial charge on any atom is -0.393 e. The molecule has 8 nitrogen and oxygen atoms in total. The van der Waals surface area contributed by atoms with Gasteiger partial charge in [-0.25, -0.2) is 0 Å². The van der Waals surface area contributed by atoms with Crippen molar-refractivity contribution in [3.63, 3.8) is 0 Å². The normalized spacial score (nSPS) is 11.8. The number of nitrogens with two attached hydrogens (primary N) is 1. The number of carbonyl (C=O) groups excluding carboxylic acids is 3. The van der Waals surface area contributed by atoms with Crippen molar-refractivity contribution in [2.24, 2.45) is 5.73 Å². The molecule has 0 aliphatic carbocycles. The molecule has 2 unspecified atom stereocenters. The number of esters is 2. The van der Waals surface area contributed by atoms with Gasteiger partial charge in [-0.15, -0.1) is 0 Å². The van der Waals surface area contributed by atoms with Crippen LogP contribution in [0.1, 0.15) is 112 Å². The van der Waals surface area contributed by atoms with Crippen LogP contribution in [0, 0.1) is 0 Å². The molecule has 204 valence electrons. The Kier molecular flexibility index (Phi) is 32.2. The molecule has 0 saturated carbocycles. The molecule has 2 atom stereocenters. The molecule has 0 heterocycles. The summed E-state index contributed by atoms with van der Waals surface area (Å²) in [4.78, 5) is 33.4. The van der Waals surface area contributed by atoms with Crippen LogP contribution in [0.5, 0.6) is 0 Å². The van der Waals surface area contributed by atoms with Crippen LogP contribution in [0.2, 0.25) is 0 Å². The van der Waals surface area contributed by atoms with Crippen LogP contribution in [0.25, 0.3) is 0 Å². The van der Waals surface area contributed by atoms with E-state index in [4.69, 9.17) is 15.2 Å². The summed E-state index contributed by atoms with van der Waals surface area (Å²) >= 11 is 0. The Morgan fingerprint density at radius 2 is 1.12 bits per heavy atom. The van der Waals surface area contributed by atoms with Crippen molar-refractivity contribution in [2.45, 2.75) is 124 Å². The van der Waals surface area contributed by atoms with Crippen LogP contribution in [0.15, 0.2) is 0 Å². The van der Waals surface area contributed by atoms with Gasteiger partial charge >= 0.3 is 11.9 Å². The van der Waals surface area contributed by atoms with Crippen molar-refractivity contribution in [2.75, 3.05) is 27.3 Å². The second kappa shape index (κ2) is 29.5. The van der Waals surface area contributed by atoms with Crippen molar-refractivity contribution in [1.82, 2.24) is 5.32 Å². The second-order valence-corrected chi connectivity index (χ2v) is 8.35. The van der Waals surface area contributed by atoms with E-state index in [0.29, 0.717) is 32.4 Å². The molecule has 0 radical (unpaired) electrons. The molecule has 34 heavy (non-hydrogen) atoms. The van der Waals surface area contributed by atoms with E-state index in [1.807, 2.05) is 13.8 Å². The van der Waals surface area contributed by atoms with Gasteiger partial charge in [0.05, 0.1) is 12.2 Å². The van der Waals surface area contributed by atoms with Gasteiger partial charge in [-0.3, -0.25) is 14.4 Å². The summed E-state index contributed by atoms with van der Waals surface area (Å²) in [6, 6.07) is 0. The van der Waals surface area contributed by atoms with Gasteiger partial charge in [0.25, 0.3) is 0 Å². The molecule has 0 aliphatic rings. The number of methoxy groups -OCH3 is 2. The zero-order chi connectivity index (χ0) is 26.6. The van der Waals surface area contributed by atoms with Gasteiger partial charge < -0.3 is 25.3 Å². The molecule has 8 heteroatoms. The van der Waals surface area contributed by atoms with Gasteiger partial charge in [0.1, 0.15) is 0 Å². The van der Waals surface area contributed by atoms with Crippen LogP contribution in [0.3, 0.4) is 0 Å². The number of hydrogen-bond acceptors (Lipinski definition) is 7. The Balaban J connectivity index is -0.000000461. The van der Waals surface area contributed by atoms with Gasteiger partial charge in [-0.1, -0.05) is 59.3 Å². The van der Waals surface area contributed by atoms with Crippen molar-refractivity contribution >= 4 is 17.8 Å². The fraction of sp³-hybridized carbons (Fsp3) is 0.885. The van der Waals surface area contributed by atoms with Gasteiger partial charge in [0.15, 0.2) is 0 Å². The lowest BCUT2D eigenvalue weighted by atomic mass is 10.2. The summed E-state index contributed by atoms with van der Waals surface area (Å²) in [5, 5.41) is 2.83. The highest BCUT2D eigenvalue weighted by Crippen LogP contribution is 2.04. The van der Waals surface area contributed by atoms with Crippen LogP contribution in [-0.2, 0) is 28.6 Å². The highest BCUT2D eigenvalue weighted by atomic mass is 16.6. The Labute approximate surface area is 209 Å². The predicted octanol–water partition coefficient (Wildman–Crippen LogP) is 4.91. The Bertz CT molecular complexity index is 450. The van der Waals surface area contributed by atoms with E-state index in [0.717, 1.165) is 57.8 Å². The average Bonchev–Trinajstić information content (AvgIpc) is 2.83. The first-order valence-corrected chi connectivity index (χ1v) is 13.0. The standard InChI is InChI=1S/C12H22O3.C10H21NO2.C4H11NO/c1-3-5-7-9-11(13)15-12(14)10-8-6-4-2;1-4-5-6-7-10(12)11-8-9(2)13-3;1-4(3-5)6-2/h3-10H2,1-2H3;9H,4-8H2,1-3H3,(H,11,12);4H,3,5H2,1-2H3. The molecule has 0 rings (SSSR count). The maximum atomic E-state index is 11.2. The Morgan fingerprint density at radius 1 is 0.706 bits per heavy atom. The first-order valence-electron chi connectivity index (χ1n) is 13.0. The number of hydrogen-bond donors (Lipinski definition) is 2. The highest BCUT2D eigenvalue weighted by molar-refractivity contribution is 5.85. The van der Waals surface area contributed by atoms with E-state index >= 15 is 0 Å². The van der Waals surface area contributed by atoms with Crippen LogP contribution >= 0.6 is 0 Å². The minimum atomic E-state index is -0.370. The smallest absolute Gasteiger partial charge is 0.313 e. The lowest BCUT2D eigenvalue weighted by Gasteiger charge is -2.10. The van der Waals surface area contributed by atoms with Crippen molar-refractivity contribution in [1.29, 1.82) is 0 Å². The maximum absolute atomic E-state index is 11.2. The Hall–Kier alpha value is -1.51. The summed E-state index contributed by atoms with van der Waals surface area (Å²) in [5.41, 5.74) is 5.16. The third kappa shape index (κ3) is 32.7. The van der Waals surface area contributed by atoms with Crippen LogP contribution < -0.4 is 11.1 Å². The maximum Gasteiger partial charge on any atom is 0.313 e. The van der Waals surface area contributed by atoms with Gasteiger partial charge in [0.2, 0.25) is 5.91 Å². The zero-order valence-electron chi connectivity index (χ0n) is 23.1. The molecule has 0 saturated heterocycles. The van der Waals surface area contributed by atoms with Gasteiger partial charge in [-0.05, 0) is 33.1 Å². The molecule has 0 aromatic carbocycles. The highest BCUT2D eigenvalue weighted by Gasteiger charge is 2.09. The lowest BCUT2D eigenvalue weighted by Crippen LogP contribution is -2.31. The number of nitrogens with one attached hydrogen (secondary N) is 1. The summed E-state index contributed by atoms with van der Waals surface area (Å²) in [5.74, 6) is -0.604. The van der Waals surface area contributed by atoms with Gasteiger partial charge in [-0.2, -0.15) is 0 Å². The summed E-state index contributed by atoms with van der Waals surface area (Å²) in [6.45, 7) is 11.4. The van der Waals surface area contributed by atoms with E-state index < -0.39 is 0 Å². The van der Waals surface area contributed by atoms with E-state index in [1.54, 1.807) is 14.2 Å². The zero-order valence-corrected chi connectivity index (χ0v) is 23.1. The second-order valence-electron chi connectivity index (χ2n) is 8.35. The lowest BCUT2D eigenvalue weighted by molar-refractivity contribution is -0.159. The van der Waals surface area contributed by atoms with E-state index in [9.17, 15) is 14.4 Å². The third-order valence-electron chi connectivity index (χ3n) is 4.93. The molecule has 0 aliphatic heterocycles. The molecular weight excluding hydrogens is 436 g/mol. The van der Waals surface area contributed by atoms with E-state index in [2.05, 4.69) is 30.8 Å². The van der Waals surface area contributed by atoms with Crippen molar-refractivity contribution in [3.8, 4) is 0 Å². The Morgan fingerprint density at radius 3 is 1.44 bits per heavy atom. The molecule has 0 bridgehead atoms. The SMILES string of the molecule is CCCCCC(=O)NCC(C)OC.CCCCCC(=O)OC(=O)CCCCC.COC(C)CN. The summed E-state index contributed by atoms with van der Waals surface area (Å²) in [7, 11) is 3.30. The molecular formula is C26H54N2O6. The fourth-order valence-electron chi connectivity index (χ4n) is 2.33.